The van der Waals surface area contributed by atoms with E-state index < -0.39 is 5.97 Å². The molecule has 0 bridgehead atoms. The smallest absolute Gasteiger partial charge is 0.352 e. The number of hydrogen-bond acceptors (Lipinski definition) is 1. The first-order valence-corrected chi connectivity index (χ1v) is 7.11. The molecule has 1 aromatic heterocycles. The maximum absolute atomic E-state index is 14.0. The predicted molar refractivity (Wildman–Crippen MR) is 82.1 cm³/mol. The van der Waals surface area contributed by atoms with Crippen LogP contribution >= 0.6 is 15.9 Å². The molecule has 0 aliphatic carbocycles. The van der Waals surface area contributed by atoms with Gasteiger partial charge in [0, 0.05) is 20.9 Å². The molecule has 0 amide bonds. The van der Waals surface area contributed by atoms with Crippen LogP contribution in [0.2, 0.25) is 0 Å². The second-order valence-corrected chi connectivity index (χ2v) is 5.63. The summed E-state index contributed by atoms with van der Waals surface area (Å²) in [5, 5.41) is 10.2. The number of benzene rings is 2. The zero-order valence-electron chi connectivity index (χ0n) is 10.9. The molecule has 0 spiro atoms. The number of aromatic carboxylic acids is 1. The van der Waals surface area contributed by atoms with Gasteiger partial charge in [0.1, 0.15) is 11.5 Å². The van der Waals surface area contributed by atoms with Crippen molar-refractivity contribution in [2.24, 2.45) is 0 Å². The van der Waals surface area contributed by atoms with Crippen molar-refractivity contribution in [3.63, 3.8) is 0 Å². The van der Waals surface area contributed by atoms with Crippen LogP contribution in [0.1, 0.15) is 16.1 Å². The third-order valence-electron chi connectivity index (χ3n) is 3.37. The van der Waals surface area contributed by atoms with Crippen LogP contribution in [0.15, 0.2) is 53.0 Å². The topological polar surface area (TPSA) is 42.2 Å². The zero-order valence-corrected chi connectivity index (χ0v) is 12.5. The van der Waals surface area contributed by atoms with Gasteiger partial charge < -0.3 is 9.67 Å². The number of fused-ring (bicyclic) bond motifs is 1. The summed E-state index contributed by atoms with van der Waals surface area (Å²) in [5.41, 5.74) is 1.37. The Hall–Kier alpha value is -2.14. The number of rotatable bonds is 3. The van der Waals surface area contributed by atoms with E-state index in [-0.39, 0.29) is 18.1 Å². The van der Waals surface area contributed by atoms with Gasteiger partial charge in [0.15, 0.2) is 0 Å². The van der Waals surface area contributed by atoms with Crippen molar-refractivity contribution >= 4 is 32.8 Å². The molecule has 1 heterocycles. The average molecular weight is 348 g/mol. The first kappa shape index (κ1) is 13.8. The molecule has 0 unspecified atom stereocenters. The molecule has 3 rings (SSSR count). The van der Waals surface area contributed by atoms with Crippen molar-refractivity contribution in [3.8, 4) is 0 Å². The fourth-order valence-corrected chi connectivity index (χ4v) is 2.71. The molecule has 106 valence electrons. The molecule has 0 saturated carbocycles. The van der Waals surface area contributed by atoms with Crippen molar-refractivity contribution in [2.75, 3.05) is 0 Å². The van der Waals surface area contributed by atoms with E-state index in [1.54, 1.807) is 22.8 Å². The highest BCUT2D eigenvalue weighted by Gasteiger charge is 2.15. The van der Waals surface area contributed by atoms with E-state index in [0.717, 1.165) is 10.9 Å². The SMILES string of the molecule is O=C(O)c1cc2ccccc2n1Cc1ccc(Br)cc1F. The van der Waals surface area contributed by atoms with Gasteiger partial charge in [-0.15, -0.1) is 0 Å². The molecule has 0 saturated heterocycles. The number of aromatic nitrogens is 1. The Bertz CT molecular complexity index is 841. The third-order valence-corrected chi connectivity index (χ3v) is 3.87. The van der Waals surface area contributed by atoms with Crippen LogP contribution in [0.4, 0.5) is 4.39 Å². The van der Waals surface area contributed by atoms with E-state index in [9.17, 15) is 14.3 Å². The van der Waals surface area contributed by atoms with E-state index in [1.165, 1.54) is 6.07 Å². The lowest BCUT2D eigenvalue weighted by Crippen LogP contribution is -2.10. The molecule has 3 aromatic rings. The quantitative estimate of drug-likeness (QED) is 0.767. The van der Waals surface area contributed by atoms with Gasteiger partial charge >= 0.3 is 5.97 Å². The Balaban J connectivity index is 2.14. The van der Waals surface area contributed by atoms with E-state index in [1.807, 2.05) is 24.3 Å². The summed E-state index contributed by atoms with van der Waals surface area (Å²) in [5.74, 6) is -1.39. The summed E-state index contributed by atoms with van der Waals surface area (Å²) in [6.07, 6.45) is 0. The minimum atomic E-state index is -1.02. The van der Waals surface area contributed by atoms with Gasteiger partial charge in [0.25, 0.3) is 0 Å². The van der Waals surface area contributed by atoms with Crippen LogP contribution in [0.5, 0.6) is 0 Å². The number of carboxylic acids is 1. The summed E-state index contributed by atoms with van der Waals surface area (Å²) in [7, 11) is 0. The molecule has 2 aromatic carbocycles. The van der Waals surface area contributed by atoms with Crippen LogP contribution in [-0.2, 0) is 6.54 Å². The Morgan fingerprint density at radius 3 is 2.67 bits per heavy atom. The fourth-order valence-electron chi connectivity index (χ4n) is 2.38. The maximum atomic E-state index is 14.0. The molecule has 1 N–H and O–H groups in total. The molecule has 3 nitrogen and oxygen atoms in total. The van der Waals surface area contributed by atoms with Gasteiger partial charge in [-0.2, -0.15) is 0 Å². The highest BCUT2D eigenvalue weighted by molar-refractivity contribution is 9.10. The van der Waals surface area contributed by atoms with Gasteiger partial charge in [-0.25, -0.2) is 9.18 Å². The van der Waals surface area contributed by atoms with Crippen LogP contribution in [0.25, 0.3) is 10.9 Å². The Morgan fingerprint density at radius 1 is 1.19 bits per heavy atom. The first-order chi connectivity index (χ1) is 10.1. The Labute approximate surface area is 128 Å². The molecular formula is C16H11BrFNO2. The van der Waals surface area contributed by atoms with Gasteiger partial charge in [0.2, 0.25) is 0 Å². The van der Waals surface area contributed by atoms with E-state index >= 15 is 0 Å². The summed E-state index contributed by atoms with van der Waals surface area (Å²) < 4.78 is 16.3. The van der Waals surface area contributed by atoms with Crippen molar-refractivity contribution < 1.29 is 14.3 Å². The van der Waals surface area contributed by atoms with E-state index in [2.05, 4.69) is 15.9 Å². The van der Waals surface area contributed by atoms with Crippen molar-refractivity contribution in [1.29, 1.82) is 0 Å². The van der Waals surface area contributed by atoms with E-state index in [0.29, 0.717) is 10.0 Å². The van der Waals surface area contributed by atoms with E-state index in [4.69, 9.17) is 0 Å². The van der Waals surface area contributed by atoms with Gasteiger partial charge in [-0.1, -0.05) is 40.2 Å². The first-order valence-electron chi connectivity index (χ1n) is 6.32. The van der Waals surface area contributed by atoms with Gasteiger partial charge in [-0.3, -0.25) is 0 Å². The molecule has 0 fully saturated rings. The second-order valence-electron chi connectivity index (χ2n) is 4.72. The molecular weight excluding hydrogens is 337 g/mol. The predicted octanol–water partition coefficient (Wildman–Crippen LogP) is 4.29. The van der Waals surface area contributed by atoms with Crippen LogP contribution in [0.3, 0.4) is 0 Å². The van der Waals surface area contributed by atoms with Gasteiger partial charge in [0.05, 0.1) is 6.54 Å². The molecule has 0 atom stereocenters. The number of carbonyl (C=O) groups is 1. The number of nitrogens with zero attached hydrogens (tertiary/aromatic N) is 1. The second kappa shape index (κ2) is 5.33. The van der Waals surface area contributed by atoms with Crippen LogP contribution in [-0.4, -0.2) is 15.6 Å². The largest absolute Gasteiger partial charge is 0.477 e. The number of halogens is 2. The lowest BCUT2D eigenvalue weighted by Gasteiger charge is -2.09. The molecule has 0 aliphatic rings. The van der Waals surface area contributed by atoms with Crippen molar-refractivity contribution in [2.45, 2.75) is 6.54 Å². The zero-order chi connectivity index (χ0) is 15.0. The number of hydrogen-bond donors (Lipinski definition) is 1. The van der Waals surface area contributed by atoms with Gasteiger partial charge in [-0.05, 0) is 24.3 Å². The summed E-state index contributed by atoms with van der Waals surface area (Å²) >= 11 is 3.21. The van der Waals surface area contributed by atoms with Crippen LogP contribution < -0.4 is 0 Å². The summed E-state index contributed by atoms with van der Waals surface area (Å²) in [6, 6.07) is 13.7. The molecule has 0 radical (unpaired) electrons. The fraction of sp³-hybridized carbons (Fsp3) is 0.0625. The normalized spacial score (nSPS) is 11.0. The highest BCUT2D eigenvalue weighted by atomic mass is 79.9. The third kappa shape index (κ3) is 2.56. The highest BCUT2D eigenvalue weighted by Crippen LogP contribution is 2.23. The summed E-state index contributed by atoms with van der Waals surface area (Å²) in [6.45, 7) is 0.175. The molecule has 5 heteroatoms. The monoisotopic (exact) mass is 347 g/mol. The summed E-state index contributed by atoms with van der Waals surface area (Å²) in [4.78, 5) is 11.4. The lowest BCUT2D eigenvalue weighted by molar-refractivity contribution is 0.0686. The molecule has 21 heavy (non-hydrogen) atoms. The molecule has 0 aliphatic heterocycles. The standard InChI is InChI=1S/C16H11BrFNO2/c17-12-6-5-11(13(18)8-12)9-19-14-4-2-1-3-10(14)7-15(19)16(20)21/h1-8H,9H2,(H,20,21). The number of carboxylic acid groups (broad SMARTS) is 1. The minimum absolute atomic E-state index is 0.151. The van der Waals surface area contributed by atoms with Crippen molar-refractivity contribution in [3.05, 3.63) is 70.1 Å². The van der Waals surface area contributed by atoms with Crippen LogP contribution in [0, 0.1) is 5.82 Å². The average Bonchev–Trinajstić information content (AvgIpc) is 2.81. The number of para-hydroxylation sites is 1. The van der Waals surface area contributed by atoms with Crippen molar-refractivity contribution in [1.82, 2.24) is 4.57 Å². The lowest BCUT2D eigenvalue weighted by atomic mass is 10.2. The maximum Gasteiger partial charge on any atom is 0.352 e. The minimum Gasteiger partial charge on any atom is -0.477 e. The Kier molecular flexibility index (Phi) is 3.51. The Morgan fingerprint density at radius 2 is 1.95 bits per heavy atom.